The van der Waals surface area contributed by atoms with E-state index >= 15 is 0 Å². The lowest BCUT2D eigenvalue weighted by atomic mass is 10.3. The molecule has 1 aromatic carbocycles. The van der Waals surface area contributed by atoms with Crippen LogP contribution in [-0.2, 0) is 19.6 Å². The van der Waals surface area contributed by atoms with Crippen LogP contribution in [0.3, 0.4) is 0 Å². The van der Waals surface area contributed by atoms with Crippen molar-refractivity contribution in [1.29, 1.82) is 0 Å². The number of rotatable bonds is 9. The maximum absolute atomic E-state index is 12.9. The van der Waals surface area contributed by atoms with Gasteiger partial charge in [-0.2, -0.15) is 4.31 Å². The highest BCUT2D eigenvalue weighted by atomic mass is 35.5. The van der Waals surface area contributed by atoms with E-state index in [1.54, 1.807) is 6.20 Å². The maximum atomic E-state index is 12.9. The third-order valence-corrected chi connectivity index (χ3v) is 6.47. The van der Waals surface area contributed by atoms with E-state index < -0.39 is 33.1 Å². The van der Waals surface area contributed by atoms with E-state index in [4.69, 9.17) is 16.3 Å². The number of ether oxygens (including phenoxy) is 1. The van der Waals surface area contributed by atoms with E-state index in [-0.39, 0.29) is 23.1 Å². The predicted molar refractivity (Wildman–Crippen MR) is 104 cm³/mol. The fraction of sp³-hybridized carbons (Fsp3) is 0.333. The summed E-state index contributed by atoms with van der Waals surface area (Å²) in [7, 11) is -2.83. The van der Waals surface area contributed by atoms with Crippen LogP contribution in [0.4, 0.5) is 10.8 Å². The van der Waals surface area contributed by atoms with Gasteiger partial charge in [0, 0.05) is 30.8 Å². The Morgan fingerprint density at radius 1 is 1.46 bits per heavy atom. The second-order valence-corrected chi connectivity index (χ2v) is 9.11. The first kappa shape index (κ1) is 22.2. The van der Waals surface area contributed by atoms with Gasteiger partial charge < -0.3 is 10.1 Å². The highest BCUT2D eigenvalue weighted by Gasteiger charge is 2.29. The molecule has 0 atom stereocenters. The fourth-order valence-corrected chi connectivity index (χ4v) is 4.42. The Hall–Kier alpha value is -2.12. The van der Waals surface area contributed by atoms with Gasteiger partial charge in [-0.3, -0.25) is 14.9 Å². The number of nitrogens with zero attached hydrogens (tertiary/aromatic N) is 3. The van der Waals surface area contributed by atoms with E-state index in [0.717, 1.165) is 27.4 Å². The topological polar surface area (TPSA) is 132 Å². The molecule has 1 heterocycles. The van der Waals surface area contributed by atoms with Gasteiger partial charge in [0.2, 0.25) is 15.9 Å². The minimum Gasteiger partial charge on any atom is -0.383 e. The predicted octanol–water partition coefficient (Wildman–Crippen LogP) is 2.29. The molecule has 2 rings (SSSR count). The number of hydrogen-bond donors (Lipinski definition) is 1. The summed E-state index contributed by atoms with van der Waals surface area (Å²) >= 11 is 6.99. The fourth-order valence-electron chi connectivity index (χ4n) is 2.15. The first-order valence-electron chi connectivity index (χ1n) is 7.80. The van der Waals surface area contributed by atoms with Crippen LogP contribution in [0.2, 0.25) is 5.02 Å². The molecular weight excluding hydrogens is 432 g/mol. The number of aromatic nitrogens is 1. The molecule has 1 N–H and O–H groups in total. The number of nitrogens with one attached hydrogen (secondary N) is 1. The number of anilines is 1. The van der Waals surface area contributed by atoms with Crippen LogP contribution in [0.25, 0.3) is 0 Å². The van der Waals surface area contributed by atoms with Crippen molar-refractivity contribution >= 4 is 49.7 Å². The van der Waals surface area contributed by atoms with Crippen molar-refractivity contribution in [3.63, 3.8) is 0 Å². The molecule has 0 saturated heterocycles. The smallest absolute Gasteiger partial charge is 0.289 e. The number of carbonyl (C=O) groups is 1. The number of nitro benzene ring substituents is 1. The van der Waals surface area contributed by atoms with Crippen molar-refractivity contribution in [2.24, 2.45) is 0 Å². The second kappa shape index (κ2) is 9.39. The molecule has 2 aromatic rings. The number of methoxy groups -OCH3 is 1. The van der Waals surface area contributed by atoms with Gasteiger partial charge >= 0.3 is 0 Å². The average molecular weight is 449 g/mol. The van der Waals surface area contributed by atoms with E-state index in [1.165, 1.54) is 18.4 Å². The SMILES string of the molecule is COCCN(CC(=O)Nc1ncc(C)s1)S(=O)(=O)c1ccc(Cl)c([N+](=O)[O-])c1. The number of halogens is 1. The third kappa shape index (κ3) is 5.45. The normalized spacial score (nSPS) is 11.6. The summed E-state index contributed by atoms with van der Waals surface area (Å²) in [4.78, 5) is 27.1. The summed E-state index contributed by atoms with van der Waals surface area (Å²) in [5, 5.41) is 13.7. The molecule has 28 heavy (non-hydrogen) atoms. The summed E-state index contributed by atoms with van der Waals surface area (Å²) in [5.41, 5.74) is -0.544. The summed E-state index contributed by atoms with van der Waals surface area (Å²) in [6.45, 7) is 1.20. The van der Waals surface area contributed by atoms with Crippen LogP contribution >= 0.6 is 22.9 Å². The molecule has 0 bridgehead atoms. The zero-order chi connectivity index (χ0) is 20.9. The van der Waals surface area contributed by atoms with Crippen molar-refractivity contribution < 1.29 is 22.9 Å². The van der Waals surface area contributed by atoms with Crippen molar-refractivity contribution in [2.45, 2.75) is 11.8 Å². The van der Waals surface area contributed by atoms with E-state index in [2.05, 4.69) is 10.3 Å². The van der Waals surface area contributed by atoms with Crippen LogP contribution < -0.4 is 5.32 Å². The van der Waals surface area contributed by atoms with Crippen LogP contribution in [0, 0.1) is 17.0 Å². The third-order valence-electron chi connectivity index (χ3n) is 3.48. The molecule has 0 aliphatic carbocycles. The average Bonchev–Trinajstić information content (AvgIpc) is 3.03. The number of amides is 1. The zero-order valence-corrected chi connectivity index (χ0v) is 17.3. The van der Waals surface area contributed by atoms with Crippen molar-refractivity contribution in [2.75, 3.05) is 32.1 Å². The molecule has 13 heteroatoms. The Morgan fingerprint density at radius 3 is 2.75 bits per heavy atom. The Bertz CT molecular complexity index is 979. The lowest BCUT2D eigenvalue weighted by molar-refractivity contribution is -0.384. The van der Waals surface area contributed by atoms with Crippen molar-refractivity contribution in [3.8, 4) is 0 Å². The van der Waals surface area contributed by atoms with Gasteiger partial charge in [-0.05, 0) is 19.1 Å². The minimum absolute atomic E-state index is 0.0263. The standard InChI is InChI=1S/C15H17ClN4O6S2/c1-10-8-17-15(27-10)18-14(21)9-19(5-6-26-2)28(24,25)11-3-4-12(16)13(7-11)20(22)23/h3-4,7-8H,5-6,9H2,1-2H3,(H,17,18,21). The molecule has 1 aromatic heterocycles. The van der Waals surface area contributed by atoms with Gasteiger partial charge in [-0.15, -0.1) is 11.3 Å². The molecule has 0 fully saturated rings. The Labute approximate surface area is 170 Å². The highest BCUT2D eigenvalue weighted by molar-refractivity contribution is 7.89. The first-order chi connectivity index (χ1) is 13.1. The quantitative estimate of drug-likeness (QED) is 0.459. The number of hydrogen-bond acceptors (Lipinski definition) is 8. The Morgan fingerprint density at radius 2 is 2.18 bits per heavy atom. The molecule has 0 aliphatic heterocycles. The van der Waals surface area contributed by atoms with E-state index in [9.17, 15) is 23.3 Å². The summed E-state index contributed by atoms with van der Waals surface area (Å²) in [5.74, 6) is -0.600. The van der Waals surface area contributed by atoms with Crippen LogP contribution in [0.1, 0.15) is 4.88 Å². The molecular formula is C15H17ClN4O6S2. The molecule has 0 spiro atoms. The number of nitro groups is 1. The molecule has 1 amide bonds. The summed E-state index contributed by atoms with van der Waals surface area (Å²) < 4.78 is 31.6. The first-order valence-corrected chi connectivity index (χ1v) is 10.4. The van der Waals surface area contributed by atoms with Crippen LogP contribution in [0.5, 0.6) is 0 Å². The van der Waals surface area contributed by atoms with Gasteiger partial charge in [0.1, 0.15) is 5.02 Å². The summed E-state index contributed by atoms with van der Waals surface area (Å²) in [6.07, 6.45) is 1.58. The van der Waals surface area contributed by atoms with Gasteiger partial charge in [-0.25, -0.2) is 13.4 Å². The van der Waals surface area contributed by atoms with Gasteiger partial charge in [-0.1, -0.05) is 11.6 Å². The van der Waals surface area contributed by atoms with E-state index in [1.807, 2.05) is 6.92 Å². The number of aryl methyl sites for hydroxylation is 1. The van der Waals surface area contributed by atoms with Crippen molar-refractivity contribution in [1.82, 2.24) is 9.29 Å². The monoisotopic (exact) mass is 448 g/mol. The lowest BCUT2D eigenvalue weighted by Crippen LogP contribution is -2.40. The second-order valence-electron chi connectivity index (χ2n) is 5.53. The molecule has 0 radical (unpaired) electrons. The van der Waals surface area contributed by atoms with Gasteiger partial charge in [0.05, 0.1) is 23.0 Å². The highest BCUT2D eigenvalue weighted by Crippen LogP contribution is 2.28. The number of benzene rings is 1. The van der Waals surface area contributed by atoms with Gasteiger partial charge in [0.15, 0.2) is 5.13 Å². The molecule has 0 unspecified atom stereocenters. The minimum atomic E-state index is -4.22. The van der Waals surface area contributed by atoms with Crippen LogP contribution in [0.15, 0.2) is 29.3 Å². The zero-order valence-electron chi connectivity index (χ0n) is 14.9. The summed E-state index contributed by atoms with van der Waals surface area (Å²) in [6, 6.07) is 3.13. The lowest BCUT2D eigenvalue weighted by Gasteiger charge is -2.21. The van der Waals surface area contributed by atoms with Crippen molar-refractivity contribution in [3.05, 3.63) is 44.4 Å². The molecule has 0 saturated carbocycles. The molecule has 10 nitrogen and oxygen atoms in total. The van der Waals surface area contributed by atoms with Gasteiger partial charge in [0.25, 0.3) is 5.69 Å². The molecule has 152 valence electrons. The van der Waals surface area contributed by atoms with E-state index in [0.29, 0.717) is 5.13 Å². The van der Waals surface area contributed by atoms with Crippen LogP contribution in [-0.4, -0.2) is 55.3 Å². The molecule has 0 aliphatic rings. The number of thiazole rings is 1. The largest absolute Gasteiger partial charge is 0.383 e. The maximum Gasteiger partial charge on any atom is 0.289 e. The Kier molecular flexibility index (Phi) is 7.43. The Balaban J connectivity index is 2.28. The number of sulfonamides is 1. The number of carbonyl (C=O) groups excluding carboxylic acids is 1.